The number of benzene rings is 1. The number of rotatable bonds is 7. The molecular formula is C16H19Cl4NO. The average molecular weight is 383 g/mol. The van der Waals surface area contributed by atoms with Crippen LogP contribution in [0.4, 0.5) is 0 Å². The summed E-state index contributed by atoms with van der Waals surface area (Å²) in [6, 6.07) is 3.30. The predicted octanol–water partition coefficient (Wildman–Crippen LogP) is 5.96. The largest absolute Gasteiger partial charge is 0.335 e. The summed E-state index contributed by atoms with van der Waals surface area (Å²) in [6.07, 6.45) is 5.07. The first-order valence-electron chi connectivity index (χ1n) is 7.09. The summed E-state index contributed by atoms with van der Waals surface area (Å²) in [5, 5.41) is 1.13. The molecule has 6 heteroatoms. The molecule has 1 atom stereocenters. The lowest BCUT2D eigenvalue weighted by molar-refractivity contribution is -0.126. The lowest BCUT2D eigenvalue weighted by Gasteiger charge is -2.22. The summed E-state index contributed by atoms with van der Waals surface area (Å²) in [6.45, 7) is 4.91. The fourth-order valence-corrected chi connectivity index (χ4v) is 2.53. The predicted molar refractivity (Wildman–Crippen MR) is 96.3 cm³/mol. The molecule has 2 nitrogen and oxygen atoms in total. The van der Waals surface area contributed by atoms with E-state index in [-0.39, 0.29) is 11.3 Å². The Morgan fingerprint density at radius 3 is 2.45 bits per heavy atom. The van der Waals surface area contributed by atoms with Crippen LogP contribution in [-0.2, 0) is 11.3 Å². The van der Waals surface area contributed by atoms with Crippen LogP contribution in [0, 0.1) is 0 Å². The van der Waals surface area contributed by atoms with Crippen LogP contribution in [0.3, 0.4) is 0 Å². The van der Waals surface area contributed by atoms with Gasteiger partial charge in [-0.1, -0.05) is 54.2 Å². The van der Waals surface area contributed by atoms with E-state index in [1.54, 1.807) is 30.0 Å². The van der Waals surface area contributed by atoms with Crippen LogP contribution in [-0.4, -0.2) is 22.7 Å². The van der Waals surface area contributed by atoms with Gasteiger partial charge in [-0.2, -0.15) is 0 Å². The third-order valence-electron chi connectivity index (χ3n) is 3.05. The highest BCUT2D eigenvalue weighted by Crippen LogP contribution is 2.29. The number of hydrogen-bond donors (Lipinski definition) is 0. The van der Waals surface area contributed by atoms with Gasteiger partial charge in [0.2, 0.25) is 5.91 Å². The van der Waals surface area contributed by atoms with Gasteiger partial charge in [0, 0.05) is 29.6 Å². The quantitative estimate of drug-likeness (QED) is 0.323. The van der Waals surface area contributed by atoms with Crippen molar-refractivity contribution >= 4 is 52.3 Å². The molecule has 0 radical (unpaired) electrons. The Kier molecular flexibility index (Phi) is 8.63. The van der Waals surface area contributed by atoms with E-state index in [2.05, 4.69) is 6.92 Å². The van der Waals surface area contributed by atoms with E-state index in [0.29, 0.717) is 28.2 Å². The van der Waals surface area contributed by atoms with Gasteiger partial charge in [-0.3, -0.25) is 4.79 Å². The Labute approximate surface area is 152 Å². The monoisotopic (exact) mass is 381 g/mol. The molecule has 1 unspecified atom stereocenters. The standard InChI is InChI=1S/C16H19Cl4NO/c1-3-4-7-21(16(22)6-5-11(2)17)10-12-8-14(19)15(20)9-13(12)18/h5-6,8-9,11H,3-4,7,10H2,1-2H3. The Morgan fingerprint density at radius 1 is 1.23 bits per heavy atom. The van der Waals surface area contributed by atoms with E-state index in [1.807, 2.05) is 0 Å². The zero-order chi connectivity index (χ0) is 16.7. The minimum atomic E-state index is -0.189. The van der Waals surface area contributed by atoms with E-state index in [4.69, 9.17) is 46.4 Å². The van der Waals surface area contributed by atoms with Crippen LogP contribution >= 0.6 is 46.4 Å². The molecule has 0 spiro atoms. The van der Waals surface area contributed by atoms with Crippen LogP contribution in [0.25, 0.3) is 0 Å². The number of alkyl halides is 1. The van der Waals surface area contributed by atoms with Crippen LogP contribution in [0.15, 0.2) is 24.3 Å². The van der Waals surface area contributed by atoms with Gasteiger partial charge in [0.15, 0.2) is 0 Å². The molecule has 1 amide bonds. The number of halogens is 4. The van der Waals surface area contributed by atoms with Gasteiger partial charge in [-0.15, -0.1) is 11.6 Å². The molecule has 0 N–H and O–H groups in total. The van der Waals surface area contributed by atoms with Crippen molar-refractivity contribution in [1.29, 1.82) is 0 Å². The van der Waals surface area contributed by atoms with Gasteiger partial charge in [-0.05, 0) is 31.0 Å². The highest BCUT2D eigenvalue weighted by molar-refractivity contribution is 6.43. The van der Waals surface area contributed by atoms with E-state index < -0.39 is 0 Å². The highest BCUT2D eigenvalue weighted by Gasteiger charge is 2.14. The zero-order valence-corrected chi connectivity index (χ0v) is 15.6. The van der Waals surface area contributed by atoms with E-state index in [0.717, 1.165) is 18.4 Å². The van der Waals surface area contributed by atoms with Crippen LogP contribution in [0.5, 0.6) is 0 Å². The number of hydrogen-bond acceptors (Lipinski definition) is 1. The fraction of sp³-hybridized carbons (Fsp3) is 0.438. The SMILES string of the molecule is CCCCN(Cc1cc(Cl)c(Cl)cc1Cl)C(=O)C=CC(C)Cl. The number of carbonyl (C=O) groups excluding carboxylic acids is 1. The molecule has 122 valence electrons. The first-order chi connectivity index (χ1) is 10.3. The summed E-state index contributed by atoms with van der Waals surface area (Å²) in [4.78, 5) is 14.0. The molecule has 0 saturated carbocycles. The summed E-state index contributed by atoms with van der Waals surface area (Å²) in [5.41, 5.74) is 0.771. The van der Waals surface area contributed by atoms with Gasteiger partial charge >= 0.3 is 0 Å². The molecule has 0 aliphatic rings. The lowest BCUT2D eigenvalue weighted by Crippen LogP contribution is -2.30. The normalized spacial score (nSPS) is 12.6. The second-order valence-electron chi connectivity index (χ2n) is 5.01. The summed E-state index contributed by atoms with van der Waals surface area (Å²) in [5.74, 6) is -0.0944. The number of carbonyl (C=O) groups is 1. The molecule has 22 heavy (non-hydrogen) atoms. The Hall–Kier alpha value is -0.410. The zero-order valence-electron chi connectivity index (χ0n) is 12.6. The van der Waals surface area contributed by atoms with Gasteiger partial charge in [0.05, 0.1) is 10.0 Å². The molecule has 1 rings (SSSR count). The van der Waals surface area contributed by atoms with Crippen molar-refractivity contribution in [1.82, 2.24) is 4.90 Å². The maximum absolute atomic E-state index is 12.3. The number of amides is 1. The third-order valence-corrected chi connectivity index (χ3v) is 4.27. The van der Waals surface area contributed by atoms with Crippen molar-refractivity contribution < 1.29 is 4.79 Å². The molecule has 1 aromatic carbocycles. The maximum atomic E-state index is 12.3. The molecule has 0 aliphatic carbocycles. The second kappa shape index (κ2) is 9.67. The summed E-state index contributed by atoms with van der Waals surface area (Å²) in [7, 11) is 0. The Balaban J connectivity index is 2.93. The van der Waals surface area contributed by atoms with Crippen LogP contribution < -0.4 is 0 Å². The number of allylic oxidation sites excluding steroid dienone is 1. The van der Waals surface area contributed by atoms with E-state index in [1.165, 1.54) is 6.08 Å². The van der Waals surface area contributed by atoms with E-state index >= 15 is 0 Å². The topological polar surface area (TPSA) is 20.3 Å². The first kappa shape index (κ1) is 19.6. The van der Waals surface area contributed by atoms with Crippen LogP contribution in [0.2, 0.25) is 15.1 Å². The first-order valence-corrected chi connectivity index (χ1v) is 8.66. The third kappa shape index (κ3) is 6.37. The maximum Gasteiger partial charge on any atom is 0.246 e. The summed E-state index contributed by atoms with van der Waals surface area (Å²) < 4.78 is 0. The lowest BCUT2D eigenvalue weighted by atomic mass is 10.2. The Bertz CT molecular complexity index is 543. The molecule has 0 aliphatic heterocycles. The molecule has 0 saturated heterocycles. The molecular weight excluding hydrogens is 364 g/mol. The van der Waals surface area contributed by atoms with Crippen molar-refractivity contribution in [3.63, 3.8) is 0 Å². The number of nitrogens with zero attached hydrogens (tertiary/aromatic N) is 1. The van der Waals surface area contributed by atoms with Gasteiger partial charge in [0.25, 0.3) is 0 Å². The number of unbranched alkanes of at least 4 members (excludes halogenated alkanes) is 1. The van der Waals surface area contributed by atoms with Crippen LogP contribution in [0.1, 0.15) is 32.3 Å². The van der Waals surface area contributed by atoms with Crippen molar-refractivity contribution in [3.05, 3.63) is 44.9 Å². The van der Waals surface area contributed by atoms with Crippen molar-refractivity contribution in [2.75, 3.05) is 6.54 Å². The fourth-order valence-electron chi connectivity index (χ4n) is 1.83. The minimum Gasteiger partial charge on any atom is -0.335 e. The molecule has 0 heterocycles. The minimum absolute atomic E-state index is 0.0944. The summed E-state index contributed by atoms with van der Waals surface area (Å²) >= 11 is 24.0. The van der Waals surface area contributed by atoms with Crippen molar-refractivity contribution in [2.24, 2.45) is 0 Å². The smallest absolute Gasteiger partial charge is 0.246 e. The average Bonchev–Trinajstić information content (AvgIpc) is 2.46. The van der Waals surface area contributed by atoms with E-state index in [9.17, 15) is 4.79 Å². The van der Waals surface area contributed by atoms with Gasteiger partial charge < -0.3 is 4.90 Å². The molecule has 1 aromatic rings. The molecule has 0 aromatic heterocycles. The van der Waals surface area contributed by atoms with Crippen molar-refractivity contribution in [2.45, 2.75) is 38.6 Å². The Morgan fingerprint density at radius 2 is 1.86 bits per heavy atom. The van der Waals surface area contributed by atoms with Crippen molar-refractivity contribution in [3.8, 4) is 0 Å². The molecule has 0 fully saturated rings. The van der Waals surface area contributed by atoms with Gasteiger partial charge in [0.1, 0.15) is 0 Å². The highest BCUT2D eigenvalue weighted by atomic mass is 35.5. The second-order valence-corrected chi connectivity index (χ2v) is 6.92. The molecule has 0 bridgehead atoms. The van der Waals surface area contributed by atoms with Gasteiger partial charge in [-0.25, -0.2) is 0 Å².